The summed E-state index contributed by atoms with van der Waals surface area (Å²) in [4.78, 5) is 27.3. The number of aromatic nitrogens is 2. The molecule has 3 aromatic rings. The normalized spacial score (nSPS) is 14.7. The number of ether oxygens (including phenoxy) is 1. The maximum absolute atomic E-state index is 12.8. The standard InChI is InChI=1S/C23H19ClN4O4S2/c1-13-11-16(31-2)7-8-17(13)20-21(27-32-26-20)25-19(29)9-10-28-22(30)18(34-23(28)33)12-14-3-5-15(24)6-4-14/h3-8,11-12H,9-10H2,1-2H3,(H,25,27,29)/b18-12-. The number of rotatable bonds is 7. The number of halogens is 1. The van der Waals surface area contributed by atoms with E-state index in [1.807, 2.05) is 31.2 Å². The van der Waals surface area contributed by atoms with E-state index < -0.39 is 0 Å². The van der Waals surface area contributed by atoms with Gasteiger partial charge in [0, 0.05) is 23.6 Å². The van der Waals surface area contributed by atoms with Crippen molar-refractivity contribution in [2.75, 3.05) is 19.0 Å². The van der Waals surface area contributed by atoms with E-state index >= 15 is 0 Å². The van der Waals surface area contributed by atoms with E-state index in [9.17, 15) is 9.59 Å². The zero-order valence-electron chi connectivity index (χ0n) is 18.2. The van der Waals surface area contributed by atoms with Gasteiger partial charge in [-0.25, -0.2) is 4.63 Å². The van der Waals surface area contributed by atoms with Crippen LogP contribution < -0.4 is 10.1 Å². The first-order valence-electron chi connectivity index (χ1n) is 10.1. The lowest BCUT2D eigenvalue weighted by atomic mass is 10.1. The van der Waals surface area contributed by atoms with Gasteiger partial charge in [-0.3, -0.25) is 14.5 Å². The quantitative estimate of drug-likeness (QED) is 0.350. The van der Waals surface area contributed by atoms with Crippen LogP contribution in [-0.4, -0.2) is 45.0 Å². The number of aryl methyl sites for hydroxylation is 1. The fourth-order valence-corrected chi connectivity index (χ4v) is 4.72. The summed E-state index contributed by atoms with van der Waals surface area (Å²) in [6.07, 6.45) is 1.77. The van der Waals surface area contributed by atoms with Gasteiger partial charge in [0.1, 0.15) is 10.1 Å². The Morgan fingerprint density at radius 2 is 2.03 bits per heavy atom. The Morgan fingerprint density at radius 3 is 2.74 bits per heavy atom. The van der Waals surface area contributed by atoms with Crippen LogP contribution in [0.4, 0.5) is 5.82 Å². The zero-order valence-corrected chi connectivity index (χ0v) is 20.6. The number of anilines is 1. The van der Waals surface area contributed by atoms with Crippen LogP contribution in [0.1, 0.15) is 17.5 Å². The van der Waals surface area contributed by atoms with E-state index in [0.717, 1.165) is 16.7 Å². The average molecular weight is 515 g/mol. The van der Waals surface area contributed by atoms with Crippen LogP contribution in [0.15, 0.2) is 52.0 Å². The molecule has 34 heavy (non-hydrogen) atoms. The number of benzene rings is 2. The van der Waals surface area contributed by atoms with Crippen LogP contribution in [0.3, 0.4) is 0 Å². The molecule has 0 saturated carbocycles. The molecule has 0 atom stereocenters. The van der Waals surface area contributed by atoms with Gasteiger partial charge in [-0.2, -0.15) is 0 Å². The Kier molecular flexibility index (Phi) is 7.30. The summed E-state index contributed by atoms with van der Waals surface area (Å²) in [5, 5.41) is 11.1. The third kappa shape index (κ3) is 5.30. The fraction of sp³-hybridized carbons (Fsp3) is 0.174. The molecule has 1 aliphatic rings. The lowest BCUT2D eigenvalue weighted by Crippen LogP contribution is -2.31. The molecule has 1 aliphatic heterocycles. The minimum Gasteiger partial charge on any atom is -0.497 e. The highest BCUT2D eigenvalue weighted by atomic mass is 35.5. The molecule has 8 nitrogen and oxygen atoms in total. The first-order chi connectivity index (χ1) is 16.4. The van der Waals surface area contributed by atoms with Crippen LogP contribution in [0.5, 0.6) is 5.75 Å². The first-order valence-corrected chi connectivity index (χ1v) is 11.7. The van der Waals surface area contributed by atoms with Crippen LogP contribution in [0, 0.1) is 6.92 Å². The largest absolute Gasteiger partial charge is 0.497 e. The molecule has 1 saturated heterocycles. The number of nitrogens with zero attached hydrogens (tertiary/aromatic N) is 3. The van der Waals surface area contributed by atoms with Crippen LogP contribution in [0.25, 0.3) is 17.3 Å². The average Bonchev–Trinajstić information content (AvgIpc) is 3.37. The Hall–Kier alpha value is -3.21. The second-order valence-electron chi connectivity index (χ2n) is 7.33. The summed E-state index contributed by atoms with van der Waals surface area (Å²) < 4.78 is 10.5. The predicted octanol–water partition coefficient (Wildman–Crippen LogP) is 4.94. The highest BCUT2D eigenvalue weighted by Gasteiger charge is 2.32. The van der Waals surface area contributed by atoms with Gasteiger partial charge in [0.15, 0.2) is 5.69 Å². The minimum absolute atomic E-state index is 0.0224. The second-order valence-corrected chi connectivity index (χ2v) is 9.44. The van der Waals surface area contributed by atoms with Crippen molar-refractivity contribution in [1.29, 1.82) is 0 Å². The molecule has 1 fully saturated rings. The van der Waals surface area contributed by atoms with Crippen molar-refractivity contribution in [2.45, 2.75) is 13.3 Å². The molecule has 2 aromatic carbocycles. The third-order valence-corrected chi connectivity index (χ3v) is 6.67. The van der Waals surface area contributed by atoms with Gasteiger partial charge in [-0.05, 0) is 64.8 Å². The van der Waals surface area contributed by atoms with Crippen molar-refractivity contribution in [2.24, 2.45) is 0 Å². The van der Waals surface area contributed by atoms with Gasteiger partial charge in [0.25, 0.3) is 5.91 Å². The molecule has 4 rings (SSSR count). The third-order valence-electron chi connectivity index (χ3n) is 5.04. The number of carbonyl (C=O) groups is 2. The second kappa shape index (κ2) is 10.4. The van der Waals surface area contributed by atoms with Crippen LogP contribution >= 0.6 is 35.6 Å². The van der Waals surface area contributed by atoms with E-state index in [-0.39, 0.29) is 30.6 Å². The maximum atomic E-state index is 12.8. The van der Waals surface area contributed by atoms with E-state index in [4.69, 9.17) is 33.2 Å². The van der Waals surface area contributed by atoms with E-state index in [0.29, 0.717) is 25.7 Å². The first kappa shape index (κ1) is 23.9. The molecule has 174 valence electrons. The number of amides is 2. The van der Waals surface area contributed by atoms with Crippen LogP contribution in [-0.2, 0) is 9.59 Å². The van der Waals surface area contributed by atoms with Crippen molar-refractivity contribution in [3.8, 4) is 17.0 Å². The highest BCUT2D eigenvalue weighted by Crippen LogP contribution is 2.33. The molecule has 0 aliphatic carbocycles. The number of hydrogen-bond acceptors (Lipinski definition) is 8. The molecular weight excluding hydrogens is 496 g/mol. The number of carbonyl (C=O) groups excluding carboxylic acids is 2. The lowest BCUT2D eigenvalue weighted by Gasteiger charge is -2.13. The van der Waals surface area contributed by atoms with Crippen molar-refractivity contribution in [3.63, 3.8) is 0 Å². The van der Waals surface area contributed by atoms with Crippen LogP contribution in [0.2, 0.25) is 5.02 Å². The summed E-state index contributed by atoms with van der Waals surface area (Å²) in [5.74, 6) is 0.317. The maximum Gasteiger partial charge on any atom is 0.266 e. The molecule has 0 spiro atoms. The number of thioether (sulfide) groups is 1. The lowest BCUT2D eigenvalue weighted by molar-refractivity contribution is -0.122. The fourth-order valence-electron chi connectivity index (χ4n) is 3.29. The minimum atomic E-state index is -0.348. The molecule has 1 N–H and O–H groups in total. The molecule has 2 heterocycles. The van der Waals surface area contributed by atoms with E-state index in [1.165, 1.54) is 16.7 Å². The van der Waals surface area contributed by atoms with Gasteiger partial charge in [0.2, 0.25) is 11.7 Å². The van der Waals surface area contributed by atoms with Gasteiger partial charge in [0.05, 0.1) is 12.0 Å². The smallest absolute Gasteiger partial charge is 0.266 e. The van der Waals surface area contributed by atoms with E-state index in [1.54, 1.807) is 31.4 Å². The molecule has 11 heteroatoms. The molecule has 0 radical (unpaired) electrons. The van der Waals surface area contributed by atoms with Crippen molar-refractivity contribution >= 4 is 63.6 Å². The number of nitrogens with one attached hydrogen (secondary N) is 1. The van der Waals surface area contributed by atoms with Gasteiger partial charge < -0.3 is 10.1 Å². The van der Waals surface area contributed by atoms with E-state index in [2.05, 4.69) is 15.6 Å². The summed E-state index contributed by atoms with van der Waals surface area (Å²) in [7, 11) is 1.59. The summed E-state index contributed by atoms with van der Waals surface area (Å²) >= 11 is 12.5. The summed E-state index contributed by atoms with van der Waals surface area (Å²) in [5.41, 5.74) is 2.88. The Balaban J connectivity index is 1.39. The highest BCUT2D eigenvalue weighted by molar-refractivity contribution is 8.26. The topological polar surface area (TPSA) is 97.6 Å². The number of thiocarbonyl (C=S) groups is 1. The Morgan fingerprint density at radius 1 is 1.26 bits per heavy atom. The molecular formula is C23H19ClN4O4S2. The van der Waals surface area contributed by atoms with Crippen molar-refractivity contribution in [1.82, 2.24) is 15.2 Å². The van der Waals surface area contributed by atoms with Crippen molar-refractivity contribution < 1.29 is 19.0 Å². The summed E-state index contributed by atoms with van der Waals surface area (Å²) in [6, 6.07) is 12.6. The SMILES string of the molecule is COc1ccc(-c2nonc2NC(=O)CCN2C(=O)/C(=C/c3ccc(Cl)cc3)SC2=S)c(C)c1. The monoisotopic (exact) mass is 514 g/mol. The van der Waals surface area contributed by atoms with Gasteiger partial charge in [-0.1, -0.05) is 47.7 Å². The Labute approximate surface area is 210 Å². The number of hydrogen-bond donors (Lipinski definition) is 1. The predicted molar refractivity (Wildman–Crippen MR) is 136 cm³/mol. The molecule has 0 bridgehead atoms. The van der Waals surface area contributed by atoms with Crippen molar-refractivity contribution in [3.05, 3.63) is 63.5 Å². The number of methoxy groups -OCH3 is 1. The Bertz CT molecular complexity index is 1290. The molecule has 2 amide bonds. The molecule has 0 unspecified atom stereocenters. The summed E-state index contributed by atoms with van der Waals surface area (Å²) in [6.45, 7) is 2.03. The van der Waals surface area contributed by atoms with Gasteiger partial charge in [-0.15, -0.1) is 0 Å². The van der Waals surface area contributed by atoms with Gasteiger partial charge >= 0.3 is 0 Å². The zero-order chi connectivity index (χ0) is 24.2. The molecule has 1 aromatic heterocycles.